The van der Waals surface area contributed by atoms with Crippen molar-refractivity contribution in [1.29, 1.82) is 0 Å². The Bertz CT molecular complexity index is 1250. The van der Waals surface area contributed by atoms with E-state index in [1.165, 1.54) is 0 Å². The van der Waals surface area contributed by atoms with E-state index in [2.05, 4.69) is 10.6 Å². The summed E-state index contributed by atoms with van der Waals surface area (Å²) in [7, 11) is 0. The number of benzene rings is 3. The minimum absolute atomic E-state index is 0.177. The molecule has 7 heteroatoms. The zero-order valence-corrected chi connectivity index (χ0v) is 15.9. The van der Waals surface area contributed by atoms with Gasteiger partial charge in [-0.25, -0.2) is 8.78 Å². The van der Waals surface area contributed by atoms with E-state index in [1.54, 1.807) is 6.07 Å². The smallest absolute Gasteiger partial charge is 0.254 e. The number of hydrogen-bond acceptors (Lipinski definition) is 3. The van der Waals surface area contributed by atoms with Crippen molar-refractivity contribution in [3.8, 4) is 0 Å². The molecule has 5 nitrogen and oxygen atoms in total. The minimum Gasteiger partial charge on any atom is -0.456 e. The van der Waals surface area contributed by atoms with Gasteiger partial charge in [-0.1, -0.05) is 18.2 Å². The SMILES string of the molecule is O=C(CCCNC(=O)c1ccc(F)cc1F)Nc1ccc2oc3ccccc3c2c1. The van der Waals surface area contributed by atoms with Crippen LogP contribution in [0.25, 0.3) is 21.9 Å². The van der Waals surface area contributed by atoms with Crippen LogP contribution in [0, 0.1) is 11.6 Å². The molecular formula is C23H18F2N2O3. The predicted molar refractivity (Wildman–Crippen MR) is 110 cm³/mol. The van der Waals surface area contributed by atoms with E-state index >= 15 is 0 Å². The molecule has 0 unspecified atom stereocenters. The van der Waals surface area contributed by atoms with Gasteiger partial charge in [0, 0.05) is 35.5 Å². The number of nitrogens with one attached hydrogen (secondary N) is 2. The number of anilines is 1. The Balaban J connectivity index is 1.30. The van der Waals surface area contributed by atoms with Gasteiger partial charge in [0.05, 0.1) is 5.56 Å². The summed E-state index contributed by atoms with van der Waals surface area (Å²) in [6.45, 7) is 0.189. The Morgan fingerprint density at radius 1 is 0.900 bits per heavy atom. The molecule has 0 aliphatic heterocycles. The summed E-state index contributed by atoms with van der Waals surface area (Å²) in [6.07, 6.45) is 0.549. The average Bonchev–Trinajstić information content (AvgIpc) is 3.09. The fraction of sp³-hybridized carbons (Fsp3) is 0.130. The van der Waals surface area contributed by atoms with E-state index in [0.29, 0.717) is 18.2 Å². The molecule has 30 heavy (non-hydrogen) atoms. The van der Waals surface area contributed by atoms with Gasteiger partial charge in [-0.15, -0.1) is 0 Å². The van der Waals surface area contributed by atoms with Gasteiger partial charge in [0.2, 0.25) is 5.91 Å². The number of para-hydroxylation sites is 1. The first-order chi connectivity index (χ1) is 14.5. The molecule has 1 aromatic heterocycles. The molecule has 2 amide bonds. The molecule has 2 N–H and O–H groups in total. The maximum atomic E-state index is 13.6. The third-order valence-corrected chi connectivity index (χ3v) is 4.70. The van der Waals surface area contributed by atoms with Crippen LogP contribution in [-0.4, -0.2) is 18.4 Å². The lowest BCUT2D eigenvalue weighted by Gasteiger charge is -2.07. The predicted octanol–water partition coefficient (Wildman–Crippen LogP) is 5.01. The topological polar surface area (TPSA) is 71.3 Å². The molecule has 0 saturated heterocycles. The van der Waals surface area contributed by atoms with E-state index in [9.17, 15) is 18.4 Å². The first-order valence-electron chi connectivity index (χ1n) is 9.45. The standard InChI is InChI=1S/C23H18F2N2O3/c24-14-7-9-17(19(25)12-14)23(29)26-11-3-6-22(28)27-15-8-10-21-18(13-15)16-4-1-2-5-20(16)30-21/h1-2,4-5,7-10,12-13H,3,6,11H2,(H,26,29)(H,27,28). The van der Waals surface area contributed by atoms with Crippen molar-refractivity contribution >= 4 is 39.4 Å². The zero-order valence-electron chi connectivity index (χ0n) is 15.9. The number of hydrogen-bond donors (Lipinski definition) is 2. The molecule has 0 saturated carbocycles. The first kappa shape index (κ1) is 19.6. The molecule has 3 aromatic carbocycles. The van der Waals surface area contributed by atoms with Gasteiger partial charge < -0.3 is 15.1 Å². The highest BCUT2D eigenvalue weighted by atomic mass is 19.1. The summed E-state index contributed by atoms with van der Waals surface area (Å²) in [5.41, 5.74) is 1.94. The molecule has 0 aliphatic rings. The van der Waals surface area contributed by atoms with E-state index in [1.807, 2.05) is 36.4 Å². The fourth-order valence-corrected chi connectivity index (χ4v) is 3.25. The molecule has 0 fully saturated rings. The summed E-state index contributed by atoms with van der Waals surface area (Å²) in [4.78, 5) is 24.1. The second-order valence-electron chi connectivity index (χ2n) is 6.84. The van der Waals surface area contributed by atoms with Crippen LogP contribution in [0.5, 0.6) is 0 Å². The van der Waals surface area contributed by atoms with Crippen molar-refractivity contribution in [2.45, 2.75) is 12.8 Å². The van der Waals surface area contributed by atoms with Gasteiger partial charge in [0.1, 0.15) is 22.8 Å². The van der Waals surface area contributed by atoms with Crippen LogP contribution in [0.1, 0.15) is 23.2 Å². The van der Waals surface area contributed by atoms with Crippen LogP contribution in [0.15, 0.2) is 65.1 Å². The Morgan fingerprint density at radius 3 is 2.53 bits per heavy atom. The number of fused-ring (bicyclic) bond motifs is 3. The minimum atomic E-state index is -0.924. The van der Waals surface area contributed by atoms with Crippen LogP contribution >= 0.6 is 0 Å². The molecule has 0 spiro atoms. The van der Waals surface area contributed by atoms with Crippen molar-refractivity contribution in [2.24, 2.45) is 0 Å². The molecule has 4 aromatic rings. The van der Waals surface area contributed by atoms with Crippen LogP contribution < -0.4 is 10.6 Å². The number of carbonyl (C=O) groups excluding carboxylic acids is 2. The highest BCUT2D eigenvalue weighted by Gasteiger charge is 2.12. The number of rotatable bonds is 6. The number of amides is 2. The third-order valence-electron chi connectivity index (χ3n) is 4.70. The molecule has 0 atom stereocenters. The Hall–Kier alpha value is -3.74. The molecular weight excluding hydrogens is 390 g/mol. The van der Waals surface area contributed by atoms with Gasteiger partial charge in [-0.3, -0.25) is 9.59 Å². The summed E-state index contributed by atoms with van der Waals surface area (Å²) < 4.78 is 32.3. The molecule has 152 valence electrons. The Morgan fingerprint density at radius 2 is 1.70 bits per heavy atom. The number of furan rings is 1. The van der Waals surface area contributed by atoms with E-state index < -0.39 is 17.5 Å². The molecule has 0 bridgehead atoms. The van der Waals surface area contributed by atoms with E-state index in [0.717, 1.165) is 34.1 Å². The quantitative estimate of drug-likeness (QED) is 0.441. The number of halogens is 2. The second kappa shape index (κ2) is 8.32. The maximum Gasteiger partial charge on any atom is 0.254 e. The second-order valence-corrected chi connectivity index (χ2v) is 6.84. The van der Waals surface area contributed by atoms with Crippen molar-refractivity contribution in [1.82, 2.24) is 5.32 Å². The van der Waals surface area contributed by atoms with Crippen molar-refractivity contribution in [2.75, 3.05) is 11.9 Å². The maximum absolute atomic E-state index is 13.6. The lowest BCUT2D eigenvalue weighted by atomic mass is 10.1. The van der Waals surface area contributed by atoms with Crippen molar-refractivity contribution in [3.05, 3.63) is 77.9 Å². The molecule has 0 aliphatic carbocycles. The highest BCUT2D eigenvalue weighted by molar-refractivity contribution is 6.06. The van der Waals surface area contributed by atoms with Gasteiger partial charge >= 0.3 is 0 Å². The Labute approximate surface area is 170 Å². The normalized spacial score (nSPS) is 11.0. The summed E-state index contributed by atoms with van der Waals surface area (Å²) in [5.74, 6) is -2.52. The van der Waals surface area contributed by atoms with Gasteiger partial charge in [-0.2, -0.15) is 0 Å². The fourth-order valence-electron chi connectivity index (χ4n) is 3.25. The first-order valence-corrected chi connectivity index (χ1v) is 9.45. The monoisotopic (exact) mass is 408 g/mol. The van der Waals surface area contributed by atoms with Crippen molar-refractivity contribution < 1.29 is 22.8 Å². The van der Waals surface area contributed by atoms with E-state index in [4.69, 9.17) is 4.42 Å². The lowest BCUT2D eigenvalue weighted by molar-refractivity contribution is -0.116. The third kappa shape index (κ3) is 4.15. The summed E-state index contributed by atoms with van der Waals surface area (Å²) in [5, 5.41) is 7.24. The highest BCUT2D eigenvalue weighted by Crippen LogP contribution is 2.30. The molecule has 0 radical (unpaired) electrons. The van der Waals surface area contributed by atoms with Crippen LogP contribution in [0.3, 0.4) is 0 Å². The van der Waals surface area contributed by atoms with Gasteiger partial charge in [-0.05, 0) is 42.8 Å². The van der Waals surface area contributed by atoms with Gasteiger partial charge in [0.15, 0.2) is 0 Å². The lowest BCUT2D eigenvalue weighted by Crippen LogP contribution is -2.26. The summed E-state index contributed by atoms with van der Waals surface area (Å²) in [6, 6.07) is 15.9. The zero-order chi connectivity index (χ0) is 21.1. The largest absolute Gasteiger partial charge is 0.456 e. The van der Waals surface area contributed by atoms with Crippen LogP contribution in [0.2, 0.25) is 0 Å². The molecule has 4 rings (SSSR count). The van der Waals surface area contributed by atoms with E-state index in [-0.39, 0.29) is 24.4 Å². The Kier molecular flexibility index (Phi) is 5.43. The van der Waals surface area contributed by atoms with Crippen LogP contribution in [-0.2, 0) is 4.79 Å². The molecule has 1 heterocycles. The summed E-state index contributed by atoms with van der Waals surface area (Å²) >= 11 is 0. The van der Waals surface area contributed by atoms with Crippen molar-refractivity contribution in [3.63, 3.8) is 0 Å². The van der Waals surface area contributed by atoms with Gasteiger partial charge in [0.25, 0.3) is 5.91 Å². The average molecular weight is 408 g/mol. The number of carbonyl (C=O) groups is 2. The van der Waals surface area contributed by atoms with Crippen LogP contribution in [0.4, 0.5) is 14.5 Å².